The molecule has 2 rings (SSSR count). The topological polar surface area (TPSA) is 49.7 Å². The van der Waals surface area contributed by atoms with Gasteiger partial charge in [0.2, 0.25) is 0 Å². The van der Waals surface area contributed by atoms with E-state index in [1.54, 1.807) is 18.2 Å². The molecule has 0 saturated carbocycles. The molecule has 0 aliphatic carbocycles. The molecule has 3 heteroatoms. The number of hydrogen-bond donors (Lipinski definition) is 1. The van der Waals surface area contributed by atoms with Crippen molar-refractivity contribution in [3.8, 4) is 0 Å². The molecule has 1 aromatic carbocycles. The molecule has 0 amide bonds. The Balaban J connectivity index is 2.12. The zero-order valence-electron chi connectivity index (χ0n) is 9.15. The number of carbonyl (C=O) groups is 1. The van der Waals surface area contributed by atoms with E-state index >= 15 is 0 Å². The lowest BCUT2D eigenvalue weighted by Gasteiger charge is -2.11. The monoisotopic (exact) mass is 217 g/mol. The standard InChI is InChI=1S/C13H15NO2/c15-13(16)11-5-3-4-10(8-11)9-12-6-1-2-7-14-12/h3-5,8H,1-2,6-7,9H2,(H,15,16). The normalized spacial score (nSPS) is 15.6. The number of benzene rings is 1. The Kier molecular flexibility index (Phi) is 3.34. The van der Waals surface area contributed by atoms with Crippen molar-refractivity contribution in [3.05, 3.63) is 35.4 Å². The molecule has 1 N–H and O–H groups in total. The van der Waals surface area contributed by atoms with E-state index < -0.39 is 5.97 Å². The van der Waals surface area contributed by atoms with Crippen LogP contribution >= 0.6 is 0 Å². The first-order valence-corrected chi connectivity index (χ1v) is 5.60. The number of aliphatic imine (C=N–C) groups is 1. The van der Waals surface area contributed by atoms with E-state index in [2.05, 4.69) is 4.99 Å². The molecule has 0 radical (unpaired) electrons. The maximum absolute atomic E-state index is 10.8. The highest BCUT2D eigenvalue weighted by molar-refractivity contribution is 5.90. The van der Waals surface area contributed by atoms with Gasteiger partial charge in [-0.1, -0.05) is 12.1 Å². The average Bonchev–Trinajstić information content (AvgIpc) is 2.30. The van der Waals surface area contributed by atoms with Gasteiger partial charge in [-0.05, 0) is 37.0 Å². The van der Waals surface area contributed by atoms with Gasteiger partial charge < -0.3 is 5.11 Å². The number of rotatable bonds is 3. The van der Waals surface area contributed by atoms with E-state index in [9.17, 15) is 4.79 Å². The van der Waals surface area contributed by atoms with Gasteiger partial charge in [0.05, 0.1) is 5.56 Å². The minimum Gasteiger partial charge on any atom is -0.478 e. The molecule has 0 spiro atoms. The molecule has 1 aliphatic rings. The zero-order valence-corrected chi connectivity index (χ0v) is 9.15. The van der Waals surface area contributed by atoms with Crippen LogP contribution in [-0.4, -0.2) is 23.3 Å². The lowest BCUT2D eigenvalue weighted by atomic mass is 10.0. The lowest BCUT2D eigenvalue weighted by Crippen LogP contribution is -2.09. The molecule has 1 heterocycles. The van der Waals surface area contributed by atoms with Crippen LogP contribution in [0.5, 0.6) is 0 Å². The molecule has 0 unspecified atom stereocenters. The Morgan fingerprint density at radius 1 is 1.38 bits per heavy atom. The Morgan fingerprint density at radius 2 is 2.25 bits per heavy atom. The summed E-state index contributed by atoms with van der Waals surface area (Å²) in [7, 11) is 0. The number of hydrogen-bond acceptors (Lipinski definition) is 2. The minimum absolute atomic E-state index is 0.355. The van der Waals surface area contributed by atoms with Crippen molar-refractivity contribution in [1.82, 2.24) is 0 Å². The molecule has 1 aliphatic heterocycles. The highest BCUT2D eigenvalue weighted by atomic mass is 16.4. The highest BCUT2D eigenvalue weighted by Crippen LogP contribution is 2.12. The summed E-state index contributed by atoms with van der Waals surface area (Å²) >= 11 is 0. The first kappa shape index (κ1) is 10.9. The van der Waals surface area contributed by atoms with Crippen LogP contribution < -0.4 is 0 Å². The molecular weight excluding hydrogens is 202 g/mol. The van der Waals surface area contributed by atoms with Gasteiger partial charge in [-0.3, -0.25) is 4.99 Å². The predicted octanol–water partition coefficient (Wildman–Crippen LogP) is 2.55. The second-order valence-corrected chi connectivity index (χ2v) is 4.09. The summed E-state index contributed by atoms with van der Waals surface area (Å²) in [4.78, 5) is 15.3. The zero-order chi connectivity index (χ0) is 11.4. The molecule has 0 fully saturated rings. The van der Waals surface area contributed by atoms with Crippen LogP contribution in [0.25, 0.3) is 0 Å². The van der Waals surface area contributed by atoms with Crippen molar-refractivity contribution in [2.75, 3.05) is 6.54 Å². The van der Waals surface area contributed by atoms with Crippen molar-refractivity contribution >= 4 is 11.7 Å². The van der Waals surface area contributed by atoms with Crippen molar-refractivity contribution in [3.63, 3.8) is 0 Å². The molecule has 0 atom stereocenters. The Bertz CT molecular complexity index is 424. The lowest BCUT2D eigenvalue weighted by molar-refractivity contribution is 0.0697. The SMILES string of the molecule is O=C(O)c1cccc(CC2=NCCCC2)c1. The van der Waals surface area contributed by atoms with Crippen molar-refractivity contribution in [1.29, 1.82) is 0 Å². The molecular formula is C13H15NO2. The second-order valence-electron chi connectivity index (χ2n) is 4.09. The van der Waals surface area contributed by atoms with E-state index in [4.69, 9.17) is 5.11 Å². The minimum atomic E-state index is -0.868. The summed E-state index contributed by atoms with van der Waals surface area (Å²) in [6, 6.07) is 7.11. The summed E-state index contributed by atoms with van der Waals surface area (Å²) in [6.45, 7) is 0.925. The van der Waals surface area contributed by atoms with E-state index in [1.165, 1.54) is 18.6 Å². The van der Waals surface area contributed by atoms with Crippen LogP contribution in [0.4, 0.5) is 0 Å². The van der Waals surface area contributed by atoms with Gasteiger partial charge in [-0.25, -0.2) is 4.79 Å². The fourth-order valence-corrected chi connectivity index (χ4v) is 1.95. The Morgan fingerprint density at radius 3 is 2.94 bits per heavy atom. The summed E-state index contributed by atoms with van der Waals surface area (Å²) < 4.78 is 0. The van der Waals surface area contributed by atoms with Gasteiger partial charge in [-0.15, -0.1) is 0 Å². The summed E-state index contributed by atoms with van der Waals surface area (Å²) in [5.41, 5.74) is 2.60. The van der Waals surface area contributed by atoms with Crippen LogP contribution in [0.1, 0.15) is 35.2 Å². The Hall–Kier alpha value is -1.64. The molecule has 0 saturated heterocycles. The van der Waals surface area contributed by atoms with E-state index in [-0.39, 0.29) is 0 Å². The van der Waals surface area contributed by atoms with Crippen molar-refractivity contribution < 1.29 is 9.90 Å². The number of carboxylic acid groups (broad SMARTS) is 1. The van der Waals surface area contributed by atoms with Crippen LogP contribution in [-0.2, 0) is 6.42 Å². The molecule has 0 bridgehead atoms. The van der Waals surface area contributed by atoms with Crippen molar-refractivity contribution in [2.45, 2.75) is 25.7 Å². The third-order valence-corrected chi connectivity index (χ3v) is 2.79. The van der Waals surface area contributed by atoms with Crippen molar-refractivity contribution in [2.24, 2.45) is 4.99 Å². The third-order valence-electron chi connectivity index (χ3n) is 2.79. The van der Waals surface area contributed by atoms with Gasteiger partial charge in [0, 0.05) is 18.7 Å². The number of nitrogens with zero attached hydrogens (tertiary/aromatic N) is 1. The number of aromatic carboxylic acids is 1. The molecule has 0 aromatic heterocycles. The van der Waals surface area contributed by atoms with Gasteiger partial charge in [0.25, 0.3) is 0 Å². The average molecular weight is 217 g/mol. The maximum atomic E-state index is 10.8. The van der Waals surface area contributed by atoms with Crippen LogP contribution in [0, 0.1) is 0 Å². The maximum Gasteiger partial charge on any atom is 0.335 e. The first-order chi connectivity index (χ1) is 7.75. The summed E-state index contributed by atoms with van der Waals surface area (Å²) in [5, 5.41) is 8.88. The Labute approximate surface area is 94.8 Å². The van der Waals surface area contributed by atoms with Gasteiger partial charge >= 0.3 is 5.97 Å². The number of carboxylic acids is 1. The van der Waals surface area contributed by atoms with Gasteiger partial charge in [0.15, 0.2) is 0 Å². The molecule has 3 nitrogen and oxygen atoms in total. The van der Waals surface area contributed by atoms with E-state index in [0.717, 1.165) is 24.9 Å². The quantitative estimate of drug-likeness (QED) is 0.845. The molecule has 84 valence electrons. The summed E-state index contributed by atoms with van der Waals surface area (Å²) in [5.74, 6) is -0.868. The van der Waals surface area contributed by atoms with Crippen LogP contribution in [0.15, 0.2) is 29.3 Å². The third kappa shape index (κ3) is 2.69. The molecule has 16 heavy (non-hydrogen) atoms. The van der Waals surface area contributed by atoms with Gasteiger partial charge in [-0.2, -0.15) is 0 Å². The summed E-state index contributed by atoms with van der Waals surface area (Å²) in [6.07, 6.45) is 4.23. The van der Waals surface area contributed by atoms with E-state index in [0.29, 0.717) is 5.56 Å². The fourth-order valence-electron chi connectivity index (χ4n) is 1.95. The van der Waals surface area contributed by atoms with Gasteiger partial charge in [0.1, 0.15) is 0 Å². The van der Waals surface area contributed by atoms with Crippen LogP contribution in [0.2, 0.25) is 0 Å². The second kappa shape index (κ2) is 4.92. The van der Waals surface area contributed by atoms with E-state index in [1.807, 2.05) is 6.07 Å². The predicted molar refractivity (Wildman–Crippen MR) is 63.3 cm³/mol. The largest absolute Gasteiger partial charge is 0.478 e. The van der Waals surface area contributed by atoms with Crippen LogP contribution in [0.3, 0.4) is 0 Å². The first-order valence-electron chi connectivity index (χ1n) is 5.60. The smallest absolute Gasteiger partial charge is 0.335 e. The highest BCUT2D eigenvalue weighted by Gasteiger charge is 2.08. The molecule has 1 aromatic rings. The fraction of sp³-hybridized carbons (Fsp3) is 0.385.